The standard InChI is InChI=1S/C20H22N4O2/c1-15-3-8-19(16(2)11-15)26-10-9-20(25)23-18-6-4-17(5-7-18)12-24-14-21-13-22-24/h3-8,11,13-14H,9-10,12H2,1-2H3,(H,23,25). The van der Waals surface area contributed by atoms with Gasteiger partial charge in [0.25, 0.3) is 0 Å². The van der Waals surface area contributed by atoms with Crippen LogP contribution in [0.25, 0.3) is 0 Å². The average Bonchev–Trinajstić information content (AvgIpc) is 3.12. The number of carbonyl (C=O) groups is 1. The SMILES string of the molecule is Cc1ccc(OCCC(=O)Nc2ccc(Cn3cncn3)cc2)c(C)c1. The van der Waals surface area contributed by atoms with E-state index in [2.05, 4.69) is 21.5 Å². The van der Waals surface area contributed by atoms with Gasteiger partial charge in [-0.25, -0.2) is 9.67 Å². The van der Waals surface area contributed by atoms with Crippen molar-refractivity contribution >= 4 is 11.6 Å². The molecule has 0 aliphatic heterocycles. The molecule has 1 amide bonds. The van der Waals surface area contributed by atoms with Crippen LogP contribution in [-0.4, -0.2) is 27.3 Å². The third-order valence-electron chi connectivity index (χ3n) is 3.97. The van der Waals surface area contributed by atoms with Crippen molar-refractivity contribution in [1.82, 2.24) is 14.8 Å². The zero-order valence-corrected chi connectivity index (χ0v) is 15.0. The van der Waals surface area contributed by atoms with Crippen LogP contribution < -0.4 is 10.1 Å². The molecule has 3 rings (SSSR count). The van der Waals surface area contributed by atoms with Crippen molar-refractivity contribution in [1.29, 1.82) is 0 Å². The van der Waals surface area contributed by atoms with Gasteiger partial charge in [0.15, 0.2) is 0 Å². The van der Waals surface area contributed by atoms with Gasteiger partial charge in [0, 0.05) is 5.69 Å². The zero-order chi connectivity index (χ0) is 18.4. The molecule has 1 heterocycles. The maximum absolute atomic E-state index is 12.1. The molecule has 2 aromatic carbocycles. The summed E-state index contributed by atoms with van der Waals surface area (Å²) in [5, 5.41) is 6.96. The van der Waals surface area contributed by atoms with Gasteiger partial charge in [0.05, 0.1) is 19.6 Å². The van der Waals surface area contributed by atoms with E-state index in [9.17, 15) is 4.79 Å². The first-order chi connectivity index (χ1) is 12.6. The first-order valence-corrected chi connectivity index (χ1v) is 8.51. The van der Waals surface area contributed by atoms with Crippen molar-refractivity contribution in [3.05, 3.63) is 71.8 Å². The summed E-state index contributed by atoms with van der Waals surface area (Å²) in [5.74, 6) is 0.750. The molecule has 134 valence electrons. The smallest absolute Gasteiger partial charge is 0.227 e. The van der Waals surface area contributed by atoms with Crippen LogP contribution in [0, 0.1) is 13.8 Å². The van der Waals surface area contributed by atoms with Crippen LogP contribution in [0.5, 0.6) is 5.75 Å². The molecule has 0 aliphatic rings. The highest BCUT2D eigenvalue weighted by Gasteiger charge is 2.05. The molecule has 0 aliphatic carbocycles. The summed E-state index contributed by atoms with van der Waals surface area (Å²) in [5.41, 5.74) is 4.13. The van der Waals surface area contributed by atoms with Crippen LogP contribution in [0.1, 0.15) is 23.1 Å². The molecule has 26 heavy (non-hydrogen) atoms. The largest absolute Gasteiger partial charge is 0.493 e. The molecule has 0 unspecified atom stereocenters. The van der Waals surface area contributed by atoms with Crippen molar-refractivity contribution in [2.45, 2.75) is 26.8 Å². The molecule has 0 radical (unpaired) electrons. The lowest BCUT2D eigenvalue weighted by atomic mass is 10.1. The fourth-order valence-corrected chi connectivity index (χ4v) is 2.63. The Balaban J connectivity index is 1.45. The van der Waals surface area contributed by atoms with Crippen LogP contribution in [0.15, 0.2) is 55.1 Å². The molecule has 0 fully saturated rings. The average molecular weight is 350 g/mol. The van der Waals surface area contributed by atoms with Gasteiger partial charge in [-0.3, -0.25) is 4.79 Å². The lowest BCUT2D eigenvalue weighted by Crippen LogP contribution is -2.15. The number of carbonyl (C=O) groups excluding carboxylic acids is 1. The third-order valence-corrected chi connectivity index (χ3v) is 3.97. The van der Waals surface area contributed by atoms with E-state index in [1.54, 1.807) is 11.0 Å². The summed E-state index contributed by atoms with van der Waals surface area (Å²) < 4.78 is 7.45. The molecule has 3 aromatic rings. The first kappa shape index (κ1) is 17.7. The number of anilines is 1. The van der Waals surface area contributed by atoms with Crippen LogP contribution in [-0.2, 0) is 11.3 Å². The second kappa shape index (κ2) is 8.29. The first-order valence-electron chi connectivity index (χ1n) is 8.51. The maximum Gasteiger partial charge on any atom is 0.227 e. The molecular formula is C20H22N4O2. The van der Waals surface area contributed by atoms with E-state index in [0.29, 0.717) is 19.6 Å². The van der Waals surface area contributed by atoms with E-state index in [0.717, 1.165) is 22.6 Å². The van der Waals surface area contributed by atoms with Gasteiger partial charge in [0.1, 0.15) is 18.4 Å². The lowest BCUT2D eigenvalue weighted by molar-refractivity contribution is -0.116. The van der Waals surface area contributed by atoms with E-state index >= 15 is 0 Å². The molecule has 0 saturated carbocycles. The number of amides is 1. The van der Waals surface area contributed by atoms with Crippen molar-refractivity contribution in [3.8, 4) is 5.75 Å². The Kier molecular flexibility index (Phi) is 5.63. The Morgan fingerprint density at radius 1 is 1.15 bits per heavy atom. The molecule has 0 bridgehead atoms. The number of aromatic nitrogens is 3. The minimum atomic E-state index is -0.0706. The molecule has 6 nitrogen and oxygen atoms in total. The Morgan fingerprint density at radius 3 is 2.65 bits per heavy atom. The number of nitrogens with zero attached hydrogens (tertiary/aromatic N) is 3. The molecular weight excluding hydrogens is 328 g/mol. The number of rotatable bonds is 7. The number of hydrogen-bond donors (Lipinski definition) is 1. The summed E-state index contributed by atoms with van der Waals surface area (Å²) in [6.07, 6.45) is 3.48. The highest BCUT2D eigenvalue weighted by Crippen LogP contribution is 2.19. The normalized spacial score (nSPS) is 10.5. The Hall–Kier alpha value is -3.15. The number of aryl methyl sites for hydroxylation is 2. The van der Waals surface area contributed by atoms with Gasteiger partial charge in [-0.2, -0.15) is 5.10 Å². The molecule has 1 N–H and O–H groups in total. The van der Waals surface area contributed by atoms with Crippen molar-refractivity contribution in [2.75, 3.05) is 11.9 Å². The lowest BCUT2D eigenvalue weighted by Gasteiger charge is -2.10. The summed E-state index contributed by atoms with van der Waals surface area (Å²) in [6.45, 7) is 5.04. The maximum atomic E-state index is 12.1. The van der Waals surface area contributed by atoms with Crippen LogP contribution in [0.2, 0.25) is 0 Å². The second-order valence-corrected chi connectivity index (χ2v) is 6.21. The minimum absolute atomic E-state index is 0.0706. The van der Waals surface area contributed by atoms with Gasteiger partial charge < -0.3 is 10.1 Å². The van der Waals surface area contributed by atoms with Crippen molar-refractivity contribution in [3.63, 3.8) is 0 Å². The van der Waals surface area contributed by atoms with Crippen LogP contribution in [0.4, 0.5) is 5.69 Å². The fraction of sp³-hybridized carbons (Fsp3) is 0.250. The molecule has 0 atom stereocenters. The number of hydrogen-bond acceptors (Lipinski definition) is 4. The van der Waals surface area contributed by atoms with Crippen molar-refractivity contribution < 1.29 is 9.53 Å². The topological polar surface area (TPSA) is 69.0 Å². The molecule has 1 aromatic heterocycles. The van der Waals surface area contributed by atoms with Gasteiger partial charge >= 0.3 is 0 Å². The highest BCUT2D eigenvalue weighted by molar-refractivity contribution is 5.90. The summed E-state index contributed by atoms with van der Waals surface area (Å²) in [6, 6.07) is 13.7. The molecule has 0 spiro atoms. The van der Waals surface area contributed by atoms with E-state index in [4.69, 9.17) is 4.74 Å². The van der Waals surface area contributed by atoms with E-state index in [1.165, 1.54) is 11.9 Å². The monoisotopic (exact) mass is 350 g/mol. The van der Waals surface area contributed by atoms with Gasteiger partial charge in [0.2, 0.25) is 5.91 Å². The predicted octanol–water partition coefficient (Wildman–Crippen LogP) is 3.35. The fourth-order valence-electron chi connectivity index (χ4n) is 2.63. The number of benzene rings is 2. The van der Waals surface area contributed by atoms with Crippen LogP contribution >= 0.6 is 0 Å². The third kappa shape index (κ3) is 4.92. The Bertz CT molecular complexity index is 858. The number of ether oxygens (including phenoxy) is 1. The quantitative estimate of drug-likeness (QED) is 0.709. The molecule has 0 saturated heterocycles. The molecule has 6 heteroatoms. The van der Waals surface area contributed by atoms with Gasteiger partial charge in [-0.1, -0.05) is 29.8 Å². The summed E-state index contributed by atoms with van der Waals surface area (Å²) >= 11 is 0. The predicted molar refractivity (Wildman–Crippen MR) is 100 cm³/mol. The summed E-state index contributed by atoms with van der Waals surface area (Å²) in [7, 11) is 0. The van der Waals surface area contributed by atoms with E-state index in [1.807, 2.05) is 50.2 Å². The number of nitrogens with one attached hydrogen (secondary N) is 1. The van der Waals surface area contributed by atoms with E-state index < -0.39 is 0 Å². The minimum Gasteiger partial charge on any atom is -0.493 e. The van der Waals surface area contributed by atoms with Crippen molar-refractivity contribution in [2.24, 2.45) is 0 Å². The van der Waals surface area contributed by atoms with Crippen LogP contribution in [0.3, 0.4) is 0 Å². The summed E-state index contributed by atoms with van der Waals surface area (Å²) in [4.78, 5) is 16.0. The second-order valence-electron chi connectivity index (χ2n) is 6.21. The Morgan fingerprint density at radius 2 is 1.96 bits per heavy atom. The van der Waals surface area contributed by atoms with Gasteiger partial charge in [-0.05, 0) is 43.2 Å². The Labute approximate surface area is 152 Å². The van der Waals surface area contributed by atoms with Gasteiger partial charge in [-0.15, -0.1) is 0 Å². The zero-order valence-electron chi connectivity index (χ0n) is 15.0. The highest BCUT2D eigenvalue weighted by atomic mass is 16.5. The van der Waals surface area contributed by atoms with E-state index in [-0.39, 0.29) is 5.91 Å².